The molecular weight excluding hydrogens is 280 g/mol. The predicted octanol–water partition coefficient (Wildman–Crippen LogP) is 2.12. The third-order valence-corrected chi connectivity index (χ3v) is 5.61. The Kier molecular flexibility index (Phi) is 6.23. The highest BCUT2D eigenvalue weighted by Crippen LogP contribution is 2.29. The molecule has 0 amide bonds. The number of hydrogen-bond acceptors (Lipinski definition) is 3. The second kappa shape index (κ2) is 7.73. The van der Waals surface area contributed by atoms with Crippen LogP contribution in [0.25, 0.3) is 0 Å². The molecule has 0 aliphatic carbocycles. The molecule has 122 valence electrons. The van der Waals surface area contributed by atoms with Crippen molar-refractivity contribution in [3.8, 4) is 0 Å². The summed E-state index contributed by atoms with van der Waals surface area (Å²) in [5.41, 5.74) is 0. The highest BCUT2D eigenvalue weighted by atomic mass is 32.2. The molecule has 0 saturated carbocycles. The Hall–Kier alpha value is -0.420. The monoisotopic (exact) mass is 312 g/mol. The lowest BCUT2D eigenvalue weighted by atomic mass is 10.1. The van der Waals surface area contributed by atoms with Gasteiger partial charge in [-0.25, -0.2) is 0 Å². The average molecular weight is 313 g/mol. The van der Waals surface area contributed by atoms with E-state index in [-0.39, 0.29) is 0 Å². The Morgan fingerprint density at radius 3 is 2.62 bits per heavy atom. The second-order valence-corrected chi connectivity index (χ2v) is 8.87. The quantitative estimate of drug-likeness (QED) is 0.636. The van der Waals surface area contributed by atoms with Crippen LogP contribution in [0.4, 0.5) is 0 Å². The normalized spacial score (nSPS) is 25.1. The topological polar surface area (TPSA) is 30.9 Å². The first-order chi connectivity index (χ1) is 10.00. The number of hydrogen-bond donors (Lipinski definition) is 1. The van der Waals surface area contributed by atoms with Crippen molar-refractivity contribution in [3.63, 3.8) is 0 Å². The fourth-order valence-corrected chi connectivity index (χ4v) is 4.38. The van der Waals surface area contributed by atoms with Gasteiger partial charge < -0.3 is 15.1 Å². The zero-order valence-corrected chi connectivity index (χ0v) is 15.0. The van der Waals surface area contributed by atoms with Gasteiger partial charge in [-0.15, -0.1) is 0 Å². The molecule has 0 bridgehead atoms. The Balaban J connectivity index is 1.76. The Morgan fingerprint density at radius 1 is 1.29 bits per heavy atom. The van der Waals surface area contributed by atoms with Crippen LogP contribution in [0.2, 0.25) is 0 Å². The summed E-state index contributed by atoms with van der Waals surface area (Å²) < 4.78 is 0.330. The fourth-order valence-electron chi connectivity index (χ4n) is 3.27. The molecule has 0 aromatic heterocycles. The number of thioether (sulfide) groups is 1. The molecule has 0 aromatic carbocycles. The van der Waals surface area contributed by atoms with Crippen molar-refractivity contribution in [2.75, 3.05) is 52.1 Å². The van der Waals surface area contributed by atoms with E-state index in [4.69, 9.17) is 0 Å². The summed E-state index contributed by atoms with van der Waals surface area (Å²) in [5, 5.41) is 3.59. The molecule has 2 aliphatic heterocycles. The highest BCUT2D eigenvalue weighted by Gasteiger charge is 2.28. The minimum absolute atomic E-state index is 0.330. The fraction of sp³-hybridized carbons (Fsp3) is 0.938. The van der Waals surface area contributed by atoms with E-state index in [1.807, 2.05) is 7.05 Å². The van der Waals surface area contributed by atoms with Crippen LogP contribution in [0.3, 0.4) is 0 Å². The summed E-state index contributed by atoms with van der Waals surface area (Å²) in [6, 6.07) is 0. The van der Waals surface area contributed by atoms with Gasteiger partial charge in [0.25, 0.3) is 0 Å². The van der Waals surface area contributed by atoms with Gasteiger partial charge in [0.1, 0.15) is 0 Å². The maximum atomic E-state index is 4.49. The molecule has 2 rings (SSSR count). The predicted molar refractivity (Wildman–Crippen MR) is 94.3 cm³/mol. The van der Waals surface area contributed by atoms with Crippen molar-refractivity contribution in [3.05, 3.63) is 0 Å². The first-order valence-electron chi connectivity index (χ1n) is 8.32. The van der Waals surface area contributed by atoms with E-state index in [2.05, 4.69) is 52.6 Å². The molecule has 5 heteroatoms. The SMILES string of the molecule is CN=C(NCC(C)CN1CCCC1)N1CCSC(C)(C)C1. The molecule has 2 heterocycles. The molecule has 1 N–H and O–H groups in total. The van der Waals surface area contributed by atoms with E-state index in [1.54, 1.807) is 0 Å². The average Bonchev–Trinajstić information content (AvgIpc) is 2.91. The summed E-state index contributed by atoms with van der Waals surface area (Å²) in [6.07, 6.45) is 2.75. The van der Waals surface area contributed by atoms with E-state index in [1.165, 1.54) is 38.2 Å². The van der Waals surface area contributed by atoms with Gasteiger partial charge in [0.15, 0.2) is 5.96 Å². The number of aliphatic imine (C=N–C) groups is 1. The number of likely N-dealkylation sites (tertiary alicyclic amines) is 1. The number of nitrogens with one attached hydrogen (secondary N) is 1. The molecule has 1 unspecified atom stereocenters. The van der Waals surface area contributed by atoms with E-state index < -0.39 is 0 Å². The van der Waals surface area contributed by atoms with Gasteiger partial charge in [0.05, 0.1) is 0 Å². The van der Waals surface area contributed by atoms with E-state index >= 15 is 0 Å². The molecule has 0 spiro atoms. The standard InChI is InChI=1S/C16H32N4S/c1-14(12-19-7-5-6-8-19)11-18-15(17-4)20-9-10-21-16(2,3)13-20/h14H,5-13H2,1-4H3,(H,17,18). The Labute approximate surface area is 134 Å². The lowest BCUT2D eigenvalue weighted by molar-refractivity contribution is 0.285. The van der Waals surface area contributed by atoms with Crippen LogP contribution in [0.15, 0.2) is 4.99 Å². The van der Waals surface area contributed by atoms with Gasteiger partial charge >= 0.3 is 0 Å². The third-order valence-electron chi connectivity index (χ3n) is 4.31. The summed E-state index contributed by atoms with van der Waals surface area (Å²) in [5.74, 6) is 2.94. The third kappa shape index (κ3) is 5.37. The van der Waals surface area contributed by atoms with Crippen molar-refractivity contribution in [1.29, 1.82) is 0 Å². The maximum absolute atomic E-state index is 4.49. The largest absolute Gasteiger partial charge is 0.356 e. The van der Waals surface area contributed by atoms with Gasteiger partial charge in [0, 0.05) is 43.7 Å². The first kappa shape index (κ1) is 16.9. The Bertz CT molecular complexity index is 350. The van der Waals surface area contributed by atoms with Crippen LogP contribution in [0.1, 0.15) is 33.6 Å². The van der Waals surface area contributed by atoms with Crippen LogP contribution in [0.5, 0.6) is 0 Å². The number of rotatable bonds is 4. The van der Waals surface area contributed by atoms with Gasteiger partial charge in [-0.05, 0) is 45.7 Å². The van der Waals surface area contributed by atoms with Crippen molar-refractivity contribution >= 4 is 17.7 Å². The molecule has 1 atom stereocenters. The summed E-state index contributed by atoms with van der Waals surface area (Å²) >= 11 is 2.07. The minimum Gasteiger partial charge on any atom is -0.356 e. The van der Waals surface area contributed by atoms with Crippen molar-refractivity contribution in [1.82, 2.24) is 15.1 Å². The minimum atomic E-state index is 0.330. The van der Waals surface area contributed by atoms with E-state index in [0.29, 0.717) is 10.7 Å². The van der Waals surface area contributed by atoms with E-state index in [9.17, 15) is 0 Å². The van der Waals surface area contributed by atoms with Gasteiger partial charge in [-0.2, -0.15) is 11.8 Å². The Morgan fingerprint density at radius 2 is 2.00 bits per heavy atom. The zero-order chi connectivity index (χ0) is 15.3. The molecular formula is C16H32N4S. The molecule has 2 fully saturated rings. The van der Waals surface area contributed by atoms with Gasteiger partial charge in [0.2, 0.25) is 0 Å². The maximum Gasteiger partial charge on any atom is 0.193 e. The molecule has 21 heavy (non-hydrogen) atoms. The summed E-state index contributed by atoms with van der Waals surface area (Å²) in [7, 11) is 1.90. The highest BCUT2D eigenvalue weighted by molar-refractivity contribution is 8.00. The molecule has 0 radical (unpaired) electrons. The van der Waals surface area contributed by atoms with Crippen LogP contribution < -0.4 is 5.32 Å². The van der Waals surface area contributed by atoms with Crippen LogP contribution in [0, 0.1) is 5.92 Å². The van der Waals surface area contributed by atoms with Crippen LogP contribution in [-0.4, -0.2) is 72.6 Å². The lowest BCUT2D eigenvalue weighted by Gasteiger charge is -2.39. The van der Waals surface area contributed by atoms with Crippen molar-refractivity contribution in [2.24, 2.45) is 10.9 Å². The molecule has 2 saturated heterocycles. The second-order valence-electron chi connectivity index (χ2n) is 7.07. The van der Waals surface area contributed by atoms with Gasteiger partial charge in [-0.1, -0.05) is 6.92 Å². The van der Waals surface area contributed by atoms with Crippen molar-refractivity contribution < 1.29 is 0 Å². The molecule has 4 nitrogen and oxygen atoms in total. The smallest absolute Gasteiger partial charge is 0.193 e. The molecule has 2 aliphatic rings. The number of guanidine groups is 1. The van der Waals surface area contributed by atoms with Gasteiger partial charge in [-0.3, -0.25) is 4.99 Å². The first-order valence-corrected chi connectivity index (χ1v) is 9.30. The zero-order valence-electron chi connectivity index (χ0n) is 14.2. The number of nitrogens with zero attached hydrogens (tertiary/aromatic N) is 3. The molecule has 0 aromatic rings. The van der Waals surface area contributed by atoms with Crippen LogP contribution in [-0.2, 0) is 0 Å². The van der Waals surface area contributed by atoms with Crippen molar-refractivity contribution in [2.45, 2.75) is 38.4 Å². The summed E-state index contributed by atoms with van der Waals surface area (Å²) in [6.45, 7) is 14.0. The van der Waals surface area contributed by atoms with Crippen LogP contribution >= 0.6 is 11.8 Å². The summed E-state index contributed by atoms with van der Waals surface area (Å²) in [4.78, 5) is 9.50. The van der Waals surface area contributed by atoms with E-state index in [0.717, 1.165) is 25.6 Å². The lowest BCUT2D eigenvalue weighted by Crippen LogP contribution is -2.51.